The highest BCUT2D eigenvalue weighted by Gasteiger charge is 2.15. The van der Waals surface area contributed by atoms with Gasteiger partial charge < -0.3 is 9.73 Å². The average Bonchev–Trinajstić information content (AvgIpc) is 3.47. The van der Waals surface area contributed by atoms with Gasteiger partial charge in [0.25, 0.3) is 5.56 Å². The van der Waals surface area contributed by atoms with Crippen molar-refractivity contribution >= 4 is 33.1 Å². The third-order valence-corrected chi connectivity index (χ3v) is 5.67. The van der Waals surface area contributed by atoms with Crippen LogP contribution in [-0.2, 0) is 11.3 Å². The van der Waals surface area contributed by atoms with Crippen LogP contribution in [0, 0.1) is 5.82 Å². The van der Waals surface area contributed by atoms with Crippen LogP contribution in [0.1, 0.15) is 0 Å². The molecule has 5 rings (SSSR count). The van der Waals surface area contributed by atoms with Crippen molar-refractivity contribution in [3.8, 4) is 22.6 Å². The van der Waals surface area contributed by atoms with Crippen molar-refractivity contribution in [2.75, 3.05) is 5.32 Å². The summed E-state index contributed by atoms with van der Waals surface area (Å²) in [7, 11) is 0. The molecule has 3 aromatic heterocycles. The first-order valence-electron chi connectivity index (χ1n) is 9.47. The largest absolute Gasteiger partial charge is 0.423 e. The maximum absolute atomic E-state index is 13.3. The van der Waals surface area contributed by atoms with Gasteiger partial charge in [0.2, 0.25) is 18.2 Å². The minimum absolute atomic E-state index is 0.217. The lowest BCUT2D eigenvalue weighted by Gasteiger charge is -2.08. The number of carbonyl (C=O) groups excluding carboxylic acids is 1. The maximum Gasteiger partial charge on any atom is 0.263 e. The van der Waals surface area contributed by atoms with E-state index in [0.717, 1.165) is 0 Å². The lowest BCUT2D eigenvalue weighted by atomic mass is 10.1. The molecule has 0 spiro atoms. The van der Waals surface area contributed by atoms with Gasteiger partial charge in [-0.25, -0.2) is 9.37 Å². The Hall–Kier alpha value is -4.18. The molecule has 0 saturated carbocycles. The summed E-state index contributed by atoms with van der Waals surface area (Å²) in [5.41, 5.74) is 2.20. The fourth-order valence-electron chi connectivity index (χ4n) is 3.31. The molecule has 0 bridgehead atoms. The summed E-state index contributed by atoms with van der Waals surface area (Å²) in [4.78, 5) is 30.6. The zero-order valence-corrected chi connectivity index (χ0v) is 17.2. The fraction of sp³-hybridized carbons (Fsp3) is 0.0455. The fourth-order valence-corrected chi connectivity index (χ4v) is 4.21. The van der Waals surface area contributed by atoms with Gasteiger partial charge >= 0.3 is 0 Å². The Bertz CT molecular complexity index is 1480. The molecule has 2 aromatic carbocycles. The highest BCUT2D eigenvalue weighted by molar-refractivity contribution is 7.17. The van der Waals surface area contributed by atoms with Gasteiger partial charge in [-0.05, 0) is 35.9 Å². The SMILES string of the molecule is O=C(Cn1cnc2scc(-c3ccc(F)cc3)c2c1=O)Nc1cccc(-c2nnco2)c1. The molecule has 10 heteroatoms. The minimum atomic E-state index is -0.394. The van der Waals surface area contributed by atoms with Crippen LogP contribution >= 0.6 is 11.3 Å². The Balaban J connectivity index is 1.41. The highest BCUT2D eigenvalue weighted by Crippen LogP contribution is 2.30. The maximum atomic E-state index is 13.3. The first kappa shape index (κ1) is 19.8. The van der Waals surface area contributed by atoms with E-state index >= 15 is 0 Å². The average molecular weight is 447 g/mol. The first-order chi connectivity index (χ1) is 15.6. The van der Waals surface area contributed by atoms with E-state index in [1.165, 1.54) is 40.8 Å². The van der Waals surface area contributed by atoms with Crippen molar-refractivity contribution < 1.29 is 13.6 Å². The van der Waals surface area contributed by atoms with Gasteiger partial charge in [-0.2, -0.15) is 0 Å². The van der Waals surface area contributed by atoms with Gasteiger partial charge in [0, 0.05) is 22.2 Å². The van der Waals surface area contributed by atoms with Gasteiger partial charge in [0.1, 0.15) is 17.2 Å². The molecule has 8 nitrogen and oxygen atoms in total. The quantitative estimate of drug-likeness (QED) is 0.438. The molecule has 32 heavy (non-hydrogen) atoms. The second-order valence-electron chi connectivity index (χ2n) is 6.89. The number of amides is 1. The van der Waals surface area contributed by atoms with Crippen molar-refractivity contribution in [3.05, 3.63) is 82.8 Å². The van der Waals surface area contributed by atoms with E-state index in [-0.39, 0.29) is 17.9 Å². The number of nitrogens with one attached hydrogen (secondary N) is 1. The summed E-state index contributed by atoms with van der Waals surface area (Å²) in [5.74, 6) is -0.420. The smallest absolute Gasteiger partial charge is 0.263 e. The number of aromatic nitrogens is 4. The van der Waals surface area contributed by atoms with E-state index in [1.54, 1.807) is 41.8 Å². The number of rotatable bonds is 5. The van der Waals surface area contributed by atoms with Crippen LogP contribution in [0.5, 0.6) is 0 Å². The number of anilines is 1. The Morgan fingerprint density at radius 1 is 1.16 bits per heavy atom. The van der Waals surface area contributed by atoms with Crippen LogP contribution < -0.4 is 10.9 Å². The molecule has 0 aliphatic carbocycles. The van der Waals surface area contributed by atoms with E-state index in [4.69, 9.17) is 4.42 Å². The topological polar surface area (TPSA) is 103 Å². The number of hydrogen-bond acceptors (Lipinski definition) is 7. The molecule has 0 atom stereocenters. The van der Waals surface area contributed by atoms with Crippen molar-refractivity contribution in [2.24, 2.45) is 0 Å². The minimum Gasteiger partial charge on any atom is -0.423 e. The standard InChI is InChI=1S/C22H14FN5O3S/c23-15-6-4-13(5-7-15)17-10-32-21-19(17)22(30)28(11-24-21)9-18(29)26-16-3-1-2-14(8-16)20-27-25-12-31-20/h1-8,10-12H,9H2,(H,26,29). The van der Waals surface area contributed by atoms with Crippen molar-refractivity contribution in [1.82, 2.24) is 19.7 Å². The Kier molecular flexibility index (Phi) is 5.04. The van der Waals surface area contributed by atoms with Crippen LogP contribution in [0.3, 0.4) is 0 Å². The van der Waals surface area contributed by atoms with E-state index in [0.29, 0.717) is 38.5 Å². The van der Waals surface area contributed by atoms with Gasteiger partial charge in [-0.15, -0.1) is 21.5 Å². The van der Waals surface area contributed by atoms with Crippen molar-refractivity contribution in [3.63, 3.8) is 0 Å². The summed E-state index contributed by atoms with van der Waals surface area (Å²) in [5, 5.41) is 12.4. The van der Waals surface area contributed by atoms with E-state index in [1.807, 2.05) is 0 Å². The normalized spacial score (nSPS) is 11.0. The van der Waals surface area contributed by atoms with Gasteiger partial charge in [-0.1, -0.05) is 18.2 Å². The lowest BCUT2D eigenvalue weighted by molar-refractivity contribution is -0.116. The molecule has 0 fully saturated rings. The molecule has 0 radical (unpaired) electrons. The molecule has 1 amide bonds. The number of fused-ring (bicyclic) bond motifs is 1. The molecule has 1 N–H and O–H groups in total. The molecule has 0 aliphatic rings. The lowest BCUT2D eigenvalue weighted by Crippen LogP contribution is -2.27. The van der Waals surface area contributed by atoms with Crippen LogP contribution in [0.4, 0.5) is 10.1 Å². The van der Waals surface area contributed by atoms with Gasteiger partial charge in [-0.3, -0.25) is 14.2 Å². The number of hydrogen-bond donors (Lipinski definition) is 1. The summed E-state index contributed by atoms with van der Waals surface area (Å²) in [6, 6.07) is 12.8. The summed E-state index contributed by atoms with van der Waals surface area (Å²) in [6.45, 7) is -0.217. The monoisotopic (exact) mass is 447 g/mol. The van der Waals surface area contributed by atoms with Crippen LogP contribution in [0.25, 0.3) is 32.8 Å². The molecule has 158 valence electrons. The predicted molar refractivity (Wildman–Crippen MR) is 118 cm³/mol. The Morgan fingerprint density at radius 3 is 2.78 bits per heavy atom. The molecule has 0 saturated heterocycles. The predicted octanol–water partition coefficient (Wildman–Crippen LogP) is 3.95. The first-order valence-corrected chi connectivity index (χ1v) is 10.4. The number of carbonyl (C=O) groups is 1. The van der Waals surface area contributed by atoms with Crippen LogP contribution in [-0.4, -0.2) is 25.7 Å². The van der Waals surface area contributed by atoms with Crippen LogP contribution in [0.15, 0.2) is 75.8 Å². The van der Waals surface area contributed by atoms with E-state index in [2.05, 4.69) is 20.5 Å². The number of benzene rings is 2. The van der Waals surface area contributed by atoms with Gasteiger partial charge in [0.05, 0.1) is 11.7 Å². The zero-order chi connectivity index (χ0) is 22.1. The Labute approximate surface area is 184 Å². The molecule has 3 heterocycles. The zero-order valence-electron chi connectivity index (χ0n) is 16.4. The summed E-state index contributed by atoms with van der Waals surface area (Å²) < 4.78 is 19.7. The third-order valence-electron chi connectivity index (χ3n) is 4.78. The molecule has 5 aromatic rings. The molecular formula is C22H14FN5O3S. The second-order valence-corrected chi connectivity index (χ2v) is 7.75. The Morgan fingerprint density at radius 2 is 2.00 bits per heavy atom. The molecule has 0 aliphatic heterocycles. The highest BCUT2D eigenvalue weighted by atomic mass is 32.1. The van der Waals surface area contributed by atoms with Crippen molar-refractivity contribution in [2.45, 2.75) is 6.54 Å². The molecular weight excluding hydrogens is 433 g/mol. The van der Waals surface area contributed by atoms with E-state index < -0.39 is 5.91 Å². The second kappa shape index (κ2) is 8.16. The van der Waals surface area contributed by atoms with Crippen LogP contribution in [0.2, 0.25) is 0 Å². The summed E-state index contributed by atoms with van der Waals surface area (Å²) >= 11 is 1.32. The summed E-state index contributed by atoms with van der Waals surface area (Å²) in [6.07, 6.45) is 2.57. The number of halogens is 1. The third kappa shape index (κ3) is 3.79. The number of thiophene rings is 1. The molecule has 0 unspecified atom stereocenters. The van der Waals surface area contributed by atoms with Gasteiger partial charge in [0.15, 0.2) is 0 Å². The number of nitrogens with zero attached hydrogens (tertiary/aromatic N) is 4. The van der Waals surface area contributed by atoms with E-state index in [9.17, 15) is 14.0 Å². The van der Waals surface area contributed by atoms with Crippen molar-refractivity contribution in [1.29, 1.82) is 0 Å².